The number of H-pyrrole nitrogens is 1. The van der Waals surface area contributed by atoms with E-state index in [2.05, 4.69) is 15.2 Å². The summed E-state index contributed by atoms with van der Waals surface area (Å²) in [7, 11) is 0. The number of hydrogen-bond acceptors (Lipinski definition) is 6. The van der Waals surface area contributed by atoms with Gasteiger partial charge in [-0.1, -0.05) is 11.8 Å². The van der Waals surface area contributed by atoms with Gasteiger partial charge in [-0.3, -0.25) is 15.3 Å². The molecule has 4 N–H and O–H groups in total. The number of hydrogen-bond donors (Lipinski definition) is 3. The van der Waals surface area contributed by atoms with Crippen molar-refractivity contribution in [2.24, 2.45) is 5.84 Å². The van der Waals surface area contributed by atoms with E-state index in [9.17, 15) is 4.79 Å². The van der Waals surface area contributed by atoms with Gasteiger partial charge in [0.25, 0.3) is 0 Å². The van der Waals surface area contributed by atoms with Gasteiger partial charge in [-0.05, 0) is 19.9 Å². The van der Waals surface area contributed by atoms with E-state index in [0.717, 1.165) is 11.4 Å². The molecule has 0 atom stereocenters. The minimum Gasteiger partial charge on any atom is -0.456 e. The highest BCUT2D eigenvalue weighted by molar-refractivity contribution is 7.98. The lowest BCUT2D eigenvalue weighted by atomic mass is 10.3. The van der Waals surface area contributed by atoms with Crippen molar-refractivity contribution in [3.05, 3.63) is 29.0 Å². The number of aryl methyl sites for hydroxylation is 2. The fraction of sp³-hybridized carbons (Fsp3) is 0.300. The van der Waals surface area contributed by atoms with E-state index in [4.69, 9.17) is 10.3 Å². The number of nitrogen functional groups attached to an aromatic ring is 1. The number of aromatic nitrogens is 3. The molecule has 0 aromatic carbocycles. The zero-order chi connectivity index (χ0) is 13.1. The highest BCUT2D eigenvalue weighted by Crippen LogP contribution is 2.23. The molecule has 7 nitrogen and oxygen atoms in total. The highest BCUT2D eigenvalue weighted by atomic mass is 32.2. The van der Waals surface area contributed by atoms with Gasteiger partial charge in [0.05, 0.1) is 0 Å². The molecule has 2 aromatic rings. The second kappa shape index (κ2) is 5.23. The molecule has 0 unspecified atom stereocenters. The van der Waals surface area contributed by atoms with Crippen LogP contribution in [0.1, 0.15) is 27.7 Å². The number of thioether (sulfide) groups is 1. The van der Waals surface area contributed by atoms with Crippen LogP contribution in [-0.2, 0) is 5.75 Å². The van der Waals surface area contributed by atoms with E-state index in [0.29, 0.717) is 16.7 Å². The maximum atomic E-state index is 11.3. The number of rotatable bonds is 4. The van der Waals surface area contributed by atoms with Gasteiger partial charge >= 0.3 is 5.91 Å². The van der Waals surface area contributed by atoms with Gasteiger partial charge in [0.15, 0.2) is 5.76 Å². The third-order valence-electron chi connectivity index (χ3n) is 2.31. The minimum absolute atomic E-state index is 0.205. The average molecular weight is 267 g/mol. The van der Waals surface area contributed by atoms with E-state index < -0.39 is 5.91 Å². The van der Waals surface area contributed by atoms with Gasteiger partial charge in [0.2, 0.25) is 5.16 Å². The second-order valence-corrected chi connectivity index (χ2v) is 4.60. The molecule has 2 aromatic heterocycles. The summed E-state index contributed by atoms with van der Waals surface area (Å²) in [6, 6.07) is 1.67. The van der Waals surface area contributed by atoms with E-state index >= 15 is 0 Å². The quantitative estimate of drug-likeness (QED) is 0.329. The van der Waals surface area contributed by atoms with Crippen molar-refractivity contribution < 1.29 is 9.21 Å². The van der Waals surface area contributed by atoms with Crippen LogP contribution < -0.4 is 11.3 Å². The normalized spacial score (nSPS) is 10.6. The zero-order valence-corrected chi connectivity index (χ0v) is 10.8. The van der Waals surface area contributed by atoms with Gasteiger partial charge in [-0.25, -0.2) is 10.8 Å². The standard InChI is InChI=1S/C10H13N5O2S/c1-5-7(3-8(17-5)9(16)13-11)4-18-10-12-6(2)14-15-10/h3H,4,11H2,1-2H3,(H,13,16)(H,12,14,15). The highest BCUT2D eigenvalue weighted by Gasteiger charge is 2.14. The summed E-state index contributed by atoms with van der Waals surface area (Å²) >= 11 is 1.46. The molecule has 0 aliphatic carbocycles. The van der Waals surface area contributed by atoms with Gasteiger partial charge in [-0.15, -0.1) is 5.10 Å². The number of carbonyl (C=O) groups is 1. The Kier molecular flexibility index (Phi) is 3.68. The van der Waals surface area contributed by atoms with Crippen molar-refractivity contribution in [2.45, 2.75) is 24.8 Å². The van der Waals surface area contributed by atoms with Crippen molar-refractivity contribution in [3.8, 4) is 0 Å². The van der Waals surface area contributed by atoms with Crippen LogP contribution in [0.25, 0.3) is 0 Å². The maximum absolute atomic E-state index is 11.3. The lowest BCUT2D eigenvalue weighted by Gasteiger charge is -1.94. The summed E-state index contributed by atoms with van der Waals surface area (Å²) in [6.07, 6.45) is 0. The molecule has 0 bridgehead atoms. The molecule has 0 aliphatic rings. The molecule has 1 amide bonds. The van der Waals surface area contributed by atoms with Crippen molar-refractivity contribution in [3.63, 3.8) is 0 Å². The summed E-state index contributed by atoms with van der Waals surface area (Å²) < 4.78 is 5.31. The van der Waals surface area contributed by atoms with Crippen LogP contribution in [0.4, 0.5) is 0 Å². The van der Waals surface area contributed by atoms with E-state index in [-0.39, 0.29) is 5.76 Å². The lowest BCUT2D eigenvalue weighted by Crippen LogP contribution is -2.29. The number of nitrogens with one attached hydrogen (secondary N) is 2. The van der Waals surface area contributed by atoms with Gasteiger partial charge in [0.1, 0.15) is 11.6 Å². The predicted octanol–water partition coefficient (Wildman–Crippen LogP) is 0.910. The number of aromatic amines is 1. The first-order chi connectivity index (χ1) is 8.60. The Hall–Kier alpha value is -1.80. The molecule has 0 aliphatic heterocycles. The molecule has 2 heterocycles. The number of nitrogens with two attached hydrogens (primary N) is 1. The first kappa shape index (κ1) is 12.7. The van der Waals surface area contributed by atoms with E-state index in [1.807, 2.05) is 12.3 Å². The van der Waals surface area contributed by atoms with Crippen LogP contribution in [0.2, 0.25) is 0 Å². The van der Waals surface area contributed by atoms with Gasteiger partial charge in [0, 0.05) is 11.3 Å². The maximum Gasteiger partial charge on any atom is 0.300 e. The SMILES string of the molecule is Cc1nc(SCc2cc(C(=O)NN)oc2C)n[nH]1. The number of furan rings is 1. The molecule has 96 valence electrons. The third-order valence-corrected chi connectivity index (χ3v) is 3.21. The minimum atomic E-state index is -0.442. The lowest BCUT2D eigenvalue weighted by molar-refractivity contribution is 0.0924. The smallest absolute Gasteiger partial charge is 0.300 e. The molecule has 0 spiro atoms. The molecular weight excluding hydrogens is 254 g/mol. The Morgan fingerprint density at radius 2 is 2.39 bits per heavy atom. The molecule has 0 saturated heterocycles. The average Bonchev–Trinajstić information content (AvgIpc) is 2.92. The van der Waals surface area contributed by atoms with Crippen LogP contribution in [0.3, 0.4) is 0 Å². The van der Waals surface area contributed by atoms with Crippen molar-refractivity contribution >= 4 is 17.7 Å². The topological polar surface area (TPSA) is 110 Å². The first-order valence-electron chi connectivity index (χ1n) is 5.22. The second-order valence-electron chi connectivity index (χ2n) is 3.66. The Bertz CT molecular complexity index is 562. The van der Waals surface area contributed by atoms with Crippen LogP contribution in [-0.4, -0.2) is 21.1 Å². The molecule has 2 rings (SSSR count). The van der Waals surface area contributed by atoms with E-state index in [1.54, 1.807) is 13.0 Å². The van der Waals surface area contributed by atoms with Crippen LogP contribution in [0.15, 0.2) is 15.6 Å². The van der Waals surface area contributed by atoms with Crippen LogP contribution in [0, 0.1) is 13.8 Å². The monoisotopic (exact) mass is 267 g/mol. The summed E-state index contributed by atoms with van der Waals surface area (Å²) in [4.78, 5) is 15.5. The van der Waals surface area contributed by atoms with Gasteiger partial charge < -0.3 is 4.42 Å². The third kappa shape index (κ3) is 2.71. The molecule has 0 fully saturated rings. The molecule has 0 saturated carbocycles. The van der Waals surface area contributed by atoms with Crippen molar-refractivity contribution in [1.82, 2.24) is 20.6 Å². The van der Waals surface area contributed by atoms with Crippen molar-refractivity contribution in [1.29, 1.82) is 0 Å². The van der Waals surface area contributed by atoms with Crippen molar-refractivity contribution in [2.75, 3.05) is 0 Å². The Labute approximate surface area is 108 Å². The van der Waals surface area contributed by atoms with Gasteiger partial charge in [-0.2, -0.15) is 0 Å². The Morgan fingerprint density at radius 3 is 3.00 bits per heavy atom. The van der Waals surface area contributed by atoms with E-state index in [1.165, 1.54) is 11.8 Å². The Balaban J connectivity index is 2.05. The molecule has 8 heteroatoms. The molecule has 18 heavy (non-hydrogen) atoms. The number of carbonyl (C=O) groups excluding carboxylic acids is 1. The number of hydrazine groups is 1. The summed E-state index contributed by atoms with van der Waals surface area (Å²) in [5, 5.41) is 7.45. The molecule has 0 radical (unpaired) electrons. The number of nitrogens with zero attached hydrogens (tertiary/aromatic N) is 2. The predicted molar refractivity (Wildman–Crippen MR) is 65.8 cm³/mol. The molecular formula is C10H13N5O2S. The summed E-state index contributed by atoms with van der Waals surface area (Å²) in [5.41, 5.74) is 2.95. The largest absolute Gasteiger partial charge is 0.456 e. The summed E-state index contributed by atoms with van der Waals surface area (Å²) in [6.45, 7) is 3.64. The number of amides is 1. The van der Waals surface area contributed by atoms with Crippen LogP contribution in [0.5, 0.6) is 0 Å². The zero-order valence-electron chi connectivity index (χ0n) is 9.98. The summed E-state index contributed by atoms with van der Waals surface area (Å²) in [5.74, 6) is 6.89. The Morgan fingerprint density at radius 1 is 1.61 bits per heavy atom. The fourth-order valence-corrected chi connectivity index (χ4v) is 2.26. The first-order valence-corrected chi connectivity index (χ1v) is 6.20. The fourth-order valence-electron chi connectivity index (χ4n) is 1.38. The van der Waals surface area contributed by atoms with Crippen LogP contribution >= 0.6 is 11.8 Å².